The molecule has 2 aliphatic heterocycles. The Morgan fingerprint density at radius 2 is 1.77 bits per heavy atom. The van der Waals surface area contributed by atoms with Gasteiger partial charge in [-0.25, -0.2) is 18.2 Å². The summed E-state index contributed by atoms with van der Waals surface area (Å²) in [4.78, 5) is 20.1. The summed E-state index contributed by atoms with van der Waals surface area (Å²) >= 11 is 0. The van der Waals surface area contributed by atoms with Gasteiger partial charge in [-0.3, -0.25) is 4.79 Å². The fourth-order valence-electron chi connectivity index (χ4n) is 5.93. The van der Waals surface area contributed by atoms with E-state index in [1.807, 2.05) is 42.0 Å². The molecule has 43 heavy (non-hydrogen) atoms. The Morgan fingerprint density at radius 3 is 2.37 bits per heavy atom. The number of carbonyl (C=O) groups excluding carboxylic acids is 1. The SMILES string of the molecule is COc1cc(/C=C2\CC[C@@H]3C[C@@H](O[Si](C)(C)C(C)(C)C)C[C@@H](c4cc(F)c(F)c(F)c4)N3C2=O)ccc1-n1cnc(C)c1. The van der Waals surface area contributed by atoms with Gasteiger partial charge in [-0.2, -0.15) is 0 Å². The predicted molar refractivity (Wildman–Crippen MR) is 163 cm³/mol. The van der Waals surface area contributed by atoms with Gasteiger partial charge in [-0.1, -0.05) is 26.8 Å². The number of ether oxygens (including phenoxy) is 1. The summed E-state index contributed by atoms with van der Waals surface area (Å²) < 4.78 is 57.2. The largest absolute Gasteiger partial charge is 0.495 e. The molecular formula is C33H40F3N3O3Si. The molecule has 0 saturated carbocycles. The highest BCUT2D eigenvalue weighted by Crippen LogP contribution is 2.45. The third-order valence-electron chi connectivity index (χ3n) is 9.20. The van der Waals surface area contributed by atoms with Gasteiger partial charge in [0, 0.05) is 23.9 Å². The Hall–Kier alpha value is -3.37. The minimum absolute atomic E-state index is 0.0285. The van der Waals surface area contributed by atoms with E-state index in [4.69, 9.17) is 9.16 Å². The Labute approximate surface area is 252 Å². The van der Waals surface area contributed by atoms with Crippen LogP contribution in [0.25, 0.3) is 11.8 Å². The quantitative estimate of drug-likeness (QED) is 0.162. The lowest BCUT2D eigenvalue weighted by molar-refractivity contribution is -0.139. The van der Waals surface area contributed by atoms with Crippen molar-refractivity contribution in [1.29, 1.82) is 0 Å². The maximum absolute atomic E-state index is 14.5. The maximum Gasteiger partial charge on any atom is 0.250 e. The van der Waals surface area contributed by atoms with Crippen LogP contribution in [0.15, 0.2) is 48.4 Å². The van der Waals surface area contributed by atoms with E-state index in [1.165, 1.54) is 0 Å². The molecule has 0 aliphatic carbocycles. The van der Waals surface area contributed by atoms with Crippen molar-refractivity contribution in [2.75, 3.05) is 7.11 Å². The number of methoxy groups -OCH3 is 1. The molecule has 0 N–H and O–H groups in total. The van der Waals surface area contributed by atoms with Gasteiger partial charge >= 0.3 is 0 Å². The van der Waals surface area contributed by atoms with Crippen LogP contribution in [0.5, 0.6) is 5.75 Å². The van der Waals surface area contributed by atoms with Crippen LogP contribution in [0.1, 0.15) is 69.3 Å². The molecule has 2 aromatic carbocycles. The lowest BCUT2D eigenvalue weighted by atomic mass is 9.82. The second kappa shape index (κ2) is 11.6. The van der Waals surface area contributed by atoms with E-state index in [0.29, 0.717) is 37.0 Å². The molecule has 2 saturated heterocycles. The molecule has 230 valence electrons. The van der Waals surface area contributed by atoms with Crippen molar-refractivity contribution < 1.29 is 27.1 Å². The fraction of sp³-hybridized carbons (Fsp3) is 0.455. The van der Waals surface area contributed by atoms with E-state index in [1.54, 1.807) is 18.3 Å². The highest BCUT2D eigenvalue weighted by atomic mass is 28.4. The molecule has 2 fully saturated rings. The molecule has 3 atom stereocenters. The van der Waals surface area contributed by atoms with Gasteiger partial charge in [0.15, 0.2) is 25.8 Å². The number of hydrogen-bond acceptors (Lipinski definition) is 4. The molecular weight excluding hydrogens is 571 g/mol. The summed E-state index contributed by atoms with van der Waals surface area (Å²) in [6.07, 6.45) is 7.53. The van der Waals surface area contributed by atoms with Crippen molar-refractivity contribution in [2.45, 2.75) is 89.7 Å². The van der Waals surface area contributed by atoms with Gasteiger partial charge < -0.3 is 18.6 Å². The molecule has 6 nitrogen and oxygen atoms in total. The molecule has 1 aromatic heterocycles. The summed E-state index contributed by atoms with van der Waals surface area (Å²) in [5, 5.41) is -0.0285. The number of aryl methyl sites for hydroxylation is 1. The molecule has 0 spiro atoms. The zero-order chi connectivity index (χ0) is 31.3. The minimum Gasteiger partial charge on any atom is -0.495 e. The summed E-state index contributed by atoms with van der Waals surface area (Å²) in [6, 6.07) is 6.91. The normalized spacial score (nSPS) is 22.2. The number of benzene rings is 2. The Bertz CT molecular complexity index is 1540. The number of fused-ring (bicyclic) bond motifs is 1. The first-order chi connectivity index (χ1) is 20.2. The van der Waals surface area contributed by atoms with Crippen LogP contribution in [-0.2, 0) is 9.22 Å². The van der Waals surface area contributed by atoms with Crippen LogP contribution in [0.2, 0.25) is 18.1 Å². The van der Waals surface area contributed by atoms with E-state index >= 15 is 0 Å². The third kappa shape index (κ3) is 6.17. The lowest BCUT2D eigenvalue weighted by Crippen LogP contribution is -2.55. The van der Waals surface area contributed by atoms with Gasteiger partial charge in [0.2, 0.25) is 0 Å². The van der Waals surface area contributed by atoms with Gasteiger partial charge in [-0.15, -0.1) is 0 Å². The summed E-state index contributed by atoms with van der Waals surface area (Å²) in [5.74, 6) is -3.60. The van der Waals surface area contributed by atoms with Gasteiger partial charge in [0.05, 0.1) is 30.9 Å². The maximum atomic E-state index is 14.5. The monoisotopic (exact) mass is 611 g/mol. The van der Waals surface area contributed by atoms with Crippen molar-refractivity contribution in [1.82, 2.24) is 14.5 Å². The number of amides is 1. The molecule has 0 radical (unpaired) electrons. The summed E-state index contributed by atoms with van der Waals surface area (Å²) in [6.45, 7) is 12.7. The van der Waals surface area contributed by atoms with Crippen molar-refractivity contribution in [3.8, 4) is 11.4 Å². The van der Waals surface area contributed by atoms with Crippen LogP contribution in [-0.4, -0.2) is 47.9 Å². The molecule has 0 bridgehead atoms. The topological polar surface area (TPSA) is 56.6 Å². The lowest BCUT2D eigenvalue weighted by Gasteiger charge is -2.50. The van der Waals surface area contributed by atoms with Crippen LogP contribution >= 0.6 is 0 Å². The van der Waals surface area contributed by atoms with Crippen LogP contribution < -0.4 is 4.74 Å². The van der Waals surface area contributed by atoms with Crippen LogP contribution in [0, 0.1) is 24.4 Å². The first-order valence-electron chi connectivity index (χ1n) is 14.7. The number of halogens is 3. The van der Waals surface area contributed by atoms with E-state index in [0.717, 1.165) is 29.1 Å². The number of imidazole rings is 1. The van der Waals surface area contributed by atoms with Crippen molar-refractivity contribution in [3.05, 3.63) is 82.7 Å². The number of piperidine rings is 2. The molecule has 3 aromatic rings. The second-order valence-corrected chi connectivity index (χ2v) is 18.0. The van der Waals surface area contributed by atoms with E-state index < -0.39 is 31.8 Å². The van der Waals surface area contributed by atoms with Crippen molar-refractivity contribution in [3.63, 3.8) is 0 Å². The molecule has 1 amide bonds. The number of aromatic nitrogens is 2. The van der Waals surface area contributed by atoms with Crippen molar-refractivity contribution in [2.24, 2.45) is 0 Å². The van der Waals surface area contributed by atoms with Gasteiger partial charge in [0.25, 0.3) is 5.91 Å². The number of carbonyl (C=O) groups is 1. The minimum atomic E-state index is -2.17. The second-order valence-electron chi connectivity index (χ2n) is 13.2. The smallest absolute Gasteiger partial charge is 0.250 e. The first kappa shape index (κ1) is 31.1. The molecule has 5 rings (SSSR count). The standard InChI is InChI=1S/C33H40F3N3O3Si/c1-20-18-38(19-37-20)28-11-8-21(13-30(28)41-5)12-22-9-10-24-16-25(42-43(6,7)33(2,3)4)17-29(39(24)32(22)40)23-14-26(34)31(36)27(35)15-23/h8,11-15,18-19,24-25,29H,9-10,16-17H2,1-7H3/b22-12+/t24-,25-,29+/m1/s1. The summed E-state index contributed by atoms with van der Waals surface area (Å²) in [7, 11) is -0.574. The number of hydrogen-bond donors (Lipinski definition) is 0. The van der Waals surface area contributed by atoms with Crippen LogP contribution in [0.4, 0.5) is 13.2 Å². The van der Waals surface area contributed by atoms with E-state index in [9.17, 15) is 18.0 Å². The Balaban J connectivity index is 1.48. The van der Waals surface area contributed by atoms with Crippen LogP contribution in [0.3, 0.4) is 0 Å². The molecule has 10 heteroatoms. The molecule has 2 aliphatic rings. The molecule has 0 unspecified atom stereocenters. The highest BCUT2D eigenvalue weighted by Gasteiger charge is 2.46. The first-order valence-corrected chi connectivity index (χ1v) is 17.6. The third-order valence-corrected chi connectivity index (χ3v) is 13.7. The van der Waals surface area contributed by atoms with Gasteiger partial charge in [-0.05, 0) is 92.2 Å². The van der Waals surface area contributed by atoms with E-state index in [-0.39, 0.29) is 28.7 Å². The number of rotatable bonds is 6. The Morgan fingerprint density at radius 1 is 1.07 bits per heavy atom. The Kier molecular flexibility index (Phi) is 8.39. The molecule has 3 heterocycles. The average molecular weight is 612 g/mol. The number of nitrogens with zero attached hydrogens (tertiary/aromatic N) is 3. The van der Waals surface area contributed by atoms with Gasteiger partial charge in [0.1, 0.15) is 5.75 Å². The van der Waals surface area contributed by atoms with E-state index in [2.05, 4.69) is 38.8 Å². The van der Waals surface area contributed by atoms with Crippen molar-refractivity contribution >= 4 is 20.3 Å². The average Bonchev–Trinajstić information content (AvgIpc) is 3.37. The predicted octanol–water partition coefficient (Wildman–Crippen LogP) is 7.91. The fourth-order valence-corrected chi connectivity index (χ4v) is 7.31. The summed E-state index contributed by atoms with van der Waals surface area (Å²) in [5.41, 5.74) is 3.34. The zero-order valence-electron chi connectivity index (χ0n) is 25.9. The zero-order valence-corrected chi connectivity index (χ0v) is 26.9. The highest BCUT2D eigenvalue weighted by molar-refractivity contribution is 6.74.